The number of halogens is 2. The van der Waals surface area contributed by atoms with Gasteiger partial charge in [0.2, 0.25) is 5.75 Å². The molecule has 31 heavy (non-hydrogen) atoms. The average molecular weight is 508 g/mol. The van der Waals surface area contributed by atoms with Crippen LogP contribution in [0.2, 0.25) is 5.02 Å². The third-order valence-electron chi connectivity index (χ3n) is 4.33. The van der Waals surface area contributed by atoms with Gasteiger partial charge in [-0.3, -0.25) is 14.9 Å². The maximum absolute atomic E-state index is 13.2. The molecule has 1 aromatic heterocycles. The Morgan fingerprint density at radius 1 is 1.32 bits per heavy atom. The van der Waals surface area contributed by atoms with Crippen molar-refractivity contribution in [1.29, 1.82) is 0 Å². The van der Waals surface area contributed by atoms with Crippen LogP contribution >= 0.6 is 27.5 Å². The molecule has 10 heteroatoms. The van der Waals surface area contributed by atoms with Crippen LogP contribution in [0.5, 0.6) is 5.75 Å². The first-order valence-electron chi connectivity index (χ1n) is 9.40. The van der Waals surface area contributed by atoms with Crippen LogP contribution in [0.25, 0.3) is 10.9 Å². The number of benzene rings is 2. The van der Waals surface area contributed by atoms with Crippen molar-refractivity contribution in [3.05, 3.63) is 71.7 Å². The number of nitro groups is 1. The van der Waals surface area contributed by atoms with Crippen molar-refractivity contribution >= 4 is 50.3 Å². The van der Waals surface area contributed by atoms with Gasteiger partial charge >= 0.3 is 5.69 Å². The van der Waals surface area contributed by atoms with E-state index < -0.39 is 10.3 Å². The van der Waals surface area contributed by atoms with E-state index in [1.165, 1.54) is 23.0 Å². The van der Waals surface area contributed by atoms with E-state index in [0.717, 1.165) is 4.47 Å². The van der Waals surface area contributed by atoms with Crippen molar-refractivity contribution < 1.29 is 9.66 Å². The molecule has 0 spiro atoms. The monoisotopic (exact) mass is 506 g/mol. The van der Waals surface area contributed by atoms with E-state index >= 15 is 0 Å². The minimum absolute atomic E-state index is 0.00362. The summed E-state index contributed by atoms with van der Waals surface area (Å²) in [5, 5.41) is 16.2. The third-order valence-corrected chi connectivity index (χ3v) is 5.11. The SMILES string of the molecule is CCOc1c(Cl)cc(C=Nn2c(C(C)(C)C)nc3ccc(Br)cc3c2=O)cc1[N+](=O)[O-]. The third kappa shape index (κ3) is 4.77. The predicted octanol–water partition coefficient (Wildman–Crippen LogP) is 5.30. The summed E-state index contributed by atoms with van der Waals surface area (Å²) in [6.45, 7) is 7.70. The van der Waals surface area contributed by atoms with Gasteiger partial charge in [-0.05, 0) is 31.2 Å². The molecule has 0 N–H and O–H groups in total. The van der Waals surface area contributed by atoms with Gasteiger partial charge in [-0.25, -0.2) is 4.98 Å². The average Bonchev–Trinajstić information content (AvgIpc) is 2.68. The van der Waals surface area contributed by atoms with E-state index in [9.17, 15) is 14.9 Å². The normalized spacial score (nSPS) is 11.9. The van der Waals surface area contributed by atoms with Gasteiger partial charge in [0.25, 0.3) is 5.56 Å². The van der Waals surface area contributed by atoms with Gasteiger partial charge in [0.05, 0.1) is 33.7 Å². The highest BCUT2D eigenvalue weighted by Crippen LogP contribution is 2.35. The first-order valence-corrected chi connectivity index (χ1v) is 10.6. The van der Waals surface area contributed by atoms with Gasteiger partial charge in [-0.15, -0.1) is 0 Å². The molecule has 0 aliphatic carbocycles. The lowest BCUT2D eigenvalue weighted by Crippen LogP contribution is -2.29. The molecular weight excluding hydrogens is 488 g/mol. The molecule has 0 atom stereocenters. The van der Waals surface area contributed by atoms with E-state index in [4.69, 9.17) is 16.3 Å². The highest BCUT2D eigenvalue weighted by atomic mass is 79.9. The molecular formula is C21H20BrClN4O4. The van der Waals surface area contributed by atoms with Crippen molar-refractivity contribution in [1.82, 2.24) is 9.66 Å². The molecule has 0 unspecified atom stereocenters. The van der Waals surface area contributed by atoms with Gasteiger partial charge in [-0.2, -0.15) is 9.78 Å². The van der Waals surface area contributed by atoms with Crippen LogP contribution in [0.4, 0.5) is 5.69 Å². The highest BCUT2D eigenvalue weighted by molar-refractivity contribution is 9.10. The van der Waals surface area contributed by atoms with Crippen LogP contribution in [0.15, 0.2) is 44.7 Å². The lowest BCUT2D eigenvalue weighted by Gasteiger charge is -2.20. The molecule has 2 aromatic carbocycles. The highest BCUT2D eigenvalue weighted by Gasteiger charge is 2.23. The Morgan fingerprint density at radius 3 is 2.65 bits per heavy atom. The molecule has 0 aliphatic rings. The maximum Gasteiger partial charge on any atom is 0.313 e. The fourth-order valence-corrected chi connectivity index (χ4v) is 3.60. The summed E-state index contributed by atoms with van der Waals surface area (Å²) >= 11 is 9.56. The number of ether oxygens (including phenoxy) is 1. The quantitative estimate of drug-likeness (QED) is 0.265. The van der Waals surface area contributed by atoms with Crippen LogP contribution in [0, 0.1) is 10.1 Å². The summed E-state index contributed by atoms with van der Waals surface area (Å²) in [5.41, 5.74) is -0.204. The molecule has 0 fully saturated rings. The number of aromatic nitrogens is 2. The number of nitro benzene ring substituents is 1. The van der Waals surface area contributed by atoms with Crippen LogP contribution in [0.1, 0.15) is 39.1 Å². The van der Waals surface area contributed by atoms with E-state index in [0.29, 0.717) is 22.3 Å². The summed E-state index contributed by atoms with van der Waals surface area (Å²) in [6, 6.07) is 8.06. The Hall–Kier alpha value is -2.78. The summed E-state index contributed by atoms with van der Waals surface area (Å²) in [7, 11) is 0. The lowest BCUT2D eigenvalue weighted by atomic mass is 9.95. The largest absolute Gasteiger partial charge is 0.486 e. The van der Waals surface area contributed by atoms with E-state index in [1.54, 1.807) is 19.1 Å². The predicted molar refractivity (Wildman–Crippen MR) is 125 cm³/mol. The summed E-state index contributed by atoms with van der Waals surface area (Å²) < 4.78 is 7.26. The minimum Gasteiger partial charge on any atom is -0.486 e. The summed E-state index contributed by atoms with van der Waals surface area (Å²) in [6.07, 6.45) is 1.34. The zero-order valence-corrected chi connectivity index (χ0v) is 19.7. The van der Waals surface area contributed by atoms with Crippen molar-refractivity contribution in [2.24, 2.45) is 5.10 Å². The van der Waals surface area contributed by atoms with Crippen LogP contribution < -0.4 is 10.3 Å². The molecule has 162 valence electrons. The van der Waals surface area contributed by atoms with Gasteiger partial charge in [0, 0.05) is 21.5 Å². The number of hydrogen-bond donors (Lipinski definition) is 0. The number of hydrogen-bond acceptors (Lipinski definition) is 6. The van der Waals surface area contributed by atoms with Crippen LogP contribution in [0.3, 0.4) is 0 Å². The van der Waals surface area contributed by atoms with Gasteiger partial charge in [0.15, 0.2) is 0 Å². The summed E-state index contributed by atoms with van der Waals surface area (Å²) in [5.74, 6) is 0.450. The second-order valence-electron chi connectivity index (χ2n) is 7.75. The topological polar surface area (TPSA) is 99.6 Å². The zero-order chi connectivity index (χ0) is 22.9. The first-order chi connectivity index (χ1) is 14.5. The molecule has 0 saturated heterocycles. The smallest absolute Gasteiger partial charge is 0.313 e. The zero-order valence-electron chi connectivity index (χ0n) is 17.3. The fraction of sp³-hybridized carbons (Fsp3) is 0.286. The van der Waals surface area contributed by atoms with Gasteiger partial charge in [-0.1, -0.05) is 48.3 Å². The molecule has 0 saturated carbocycles. The number of nitrogens with zero attached hydrogens (tertiary/aromatic N) is 4. The van der Waals surface area contributed by atoms with Crippen molar-refractivity contribution in [3.8, 4) is 5.75 Å². The Bertz CT molecular complexity index is 1260. The Morgan fingerprint density at radius 2 is 2.03 bits per heavy atom. The van der Waals surface area contributed by atoms with E-state index in [2.05, 4.69) is 26.0 Å². The van der Waals surface area contributed by atoms with Crippen molar-refractivity contribution in [3.63, 3.8) is 0 Å². The Labute approximate surface area is 191 Å². The molecule has 0 bridgehead atoms. The van der Waals surface area contributed by atoms with Gasteiger partial charge in [0.1, 0.15) is 5.82 Å². The molecule has 0 radical (unpaired) electrons. The van der Waals surface area contributed by atoms with E-state index in [-0.39, 0.29) is 28.6 Å². The van der Waals surface area contributed by atoms with Crippen molar-refractivity contribution in [2.45, 2.75) is 33.1 Å². The van der Waals surface area contributed by atoms with Crippen molar-refractivity contribution in [2.75, 3.05) is 6.61 Å². The van der Waals surface area contributed by atoms with Crippen LogP contribution in [-0.4, -0.2) is 27.4 Å². The second-order valence-corrected chi connectivity index (χ2v) is 9.07. The molecule has 8 nitrogen and oxygen atoms in total. The molecule has 3 rings (SSSR count). The standard InChI is InChI=1S/C21H20BrClN4O4/c1-5-31-18-15(23)8-12(9-17(18)27(29)30)11-24-26-19(28)14-10-13(22)6-7-16(14)25-20(26)21(2,3)4/h6-11H,5H2,1-4H3. The number of fused-ring (bicyclic) bond motifs is 1. The molecule has 0 amide bonds. The Kier molecular flexibility index (Phi) is 6.47. The second kappa shape index (κ2) is 8.76. The Balaban J connectivity index is 2.20. The molecule has 0 aliphatic heterocycles. The first kappa shape index (κ1) is 22.9. The number of rotatable bonds is 5. The molecule has 1 heterocycles. The van der Waals surface area contributed by atoms with E-state index in [1.807, 2.05) is 26.8 Å². The summed E-state index contributed by atoms with van der Waals surface area (Å²) in [4.78, 5) is 28.7. The fourth-order valence-electron chi connectivity index (χ4n) is 2.96. The van der Waals surface area contributed by atoms with Gasteiger partial charge < -0.3 is 4.74 Å². The van der Waals surface area contributed by atoms with Crippen LogP contribution in [-0.2, 0) is 5.41 Å². The maximum atomic E-state index is 13.2. The minimum atomic E-state index is -0.573. The lowest BCUT2D eigenvalue weighted by molar-refractivity contribution is -0.385. The molecule has 3 aromatic rings.